The van der Waals surface area contributed by atoms with E-state index in [4.69, 9.17) is 11.6 Å². The fourth-order valence-corrected chi connectivity index (χ4v) is 4.15. The predicted octanol–water partition coefficient (Wildman–Crippen LogP) is 5.03. The van der Waals surface area contributed by atoms with Crippen LogP contribution in [-0.4, -0.2) is 5.91 Å². The predicted molar refractivity (Wildman–Crippen MR) is 88.4 cm³/mol. The molecule has 1 aromatic heterocycles. The molecule has 1 unspecified atom stereocenters. The van der Waals surface area contributed by atoms with Gasteiger partial charge in [-0.1, -0.05) is 48.0 Å². The Hall–Kier alpha value is -1.84. The summed E-state index contributed by atoms with van der Waals surface area (Å²) in [6, 6.07) is 16.3. The number of amides is 1. The number of anilines is 1. The zero-order chi connectivity index (χ0) is 14.4. The van der Waals surface area contributed by atoms with Gasteiger partial charge in [0.1, 0.15) is 0 Å². The SMILES string of the molecule is O=C1CC(c2ccc(Cl)s2)c2ccc3ccccc3c2N1. The van der Waals surface area contributed by atoms with Gasteiger partial charge in [-0.25, -0.2) is 0 Å². The zero-order valence-corrected chi connectivity index (χ0v) is 12.7. The standard InChI is InChI=1S/C17H12ClNOS/c18-15-8-7-14(21-15)13-9-16(20)19-17-11-4-2-1-3-10(11)5-6-12(13)17/h1-8,13H,9H2,(H,19,20). The van der Waals surface area contributed by atoms with Crippen LogP contribution in [0.25, 0.3) is 10.8 Å². The molecule has 3 aromatic rings. The van der Waals surface area contributed by atoms with Crippen molar-refractivity contribution in [2.24, 2.45) is 0 Å². The van der Waals surface area contributed by atoms with Crippen molar-refractivity contribution in [1.82, 2.24) is 0 Å². The Bertz CT molecular complexity index is 855. The van der Waals surface area contributed by atoms with Gasteiger partial charge in [-0.05, 0) is 23.1 Å². The molecule has 1 N–H and O–H groups in total. The molecule has 0 spiro atoms. The van der Waals surface area contributed by atoms with E-state index >= 15 is 0 Å². The van der Waals surface area contributed by atoms with Gasteiger partial charge in [0.15, 0.2) is 0 Å². The maximum absolute atomic E-state index is 12.1. The van der Waals surface area contributed by atoms with Crippen molar-refractivity contribution in [2.45, 2.75) is 12.3 Å². The molecule has 2 aromatic carbocycles. The number of nitrogens with one attached hydrogen (secondary N) is 1. The molecular formula is C17H12ClNOS. The fourth-order valence-electron chi connectivity index (χ4n) is 2.97. The second-order valence-electron chi connectivity index (χ2n) is 5.20. The lowest BCUT2D eigenvalue weighted by Crippen LogP contribution is -2.23. The van der Waals surface area contributed by atoms with E-state index in [1.807, 2.05) is 24.3 Å². The van der Waals surface area contributed by atoms with Crippen molar-refractivity contribution in [3.63, 3.8) is 0 Å². The van der Waals surface area contributed by atoms with Crippen LogP contribution in [0.2, 0.25) is 4.34 Å². The molecule has 104 valence electrons. The van der Waals surface area contributed by atoms with Crippen LogP contribution in [0, 0.1) is 0 Å². The van der Waals surface area contributed by atoms with E-state index in [-0.39, 0.29) is 11.8 Å². The van der Waals surface area contributed by atoms with Crippen molar-refractivity contribution in [3.05, 3.63) is 63.3 Å². The highest BCUT2D eigenvalue weighted by Crippen LogP contribution is 2.43. The third-order valence-corrected chi connectivity index (χ3v) is 5.27. The third-order valence-electron chi connectivity index (χ3n) is 3.93. The molecule has 1 aliphatic heterocycles. The third kappa shape index (κ3) is 2.13. The number of hydrogen-bond acceptors (Lipinski definition) is 2. The lowest BCUT2D eigenvalue weighted by atomic mass is 9.87. The minimum atomic E-state index is 0.0633. The van der Waals surface area contributed by atoms with Gasteiger partial charge in [0, 0.05) is 22.6 Å². The lowest BCUT2D eigenvalue weighted by molar-refractivity contribution is -0.116. The molecule has 1 amide bonds. The van der Waals surface area contributed by atoms with Crippen LogP contribution in [0.3, 0.4) is 0 Å². The first-order chi connectivity index (χ1) is 10.2. The van der Waals surface area contributed by atoms with Crippen LogP contribution in [0.1, 0.15) is 22.8 Å². The topological polar surface area (TPSA) is 29.1 Å². The van der Waals surface area contributed by atoms with Gasteiger partial charge in [0.2, 0.25) is 5.91 Å². The fraction of sp³-hybridized carbons (Fsp3) is 0.118. The summed E-state index contributed by atoms with van der Waals surface area (Å²) in [6.07, 6.45) is 0.474. The maximum atomic E-state index is 12.1. The van der Waals surface area contributed by atoms with Crippen LogP contribution in [0.4, 0.5) is 5.69 Å². The van der Waals surface area contributed by atoms with E-state index in [0.717, 1.165) is 25.7 Å². The monoisotopic (exact) mass is 313 g/mol. The van der Waals surface area contributed by atoms with Crippen LogP contribution >= 0.6 is 22.9 Å². The molecule has 2 heterocycles. The Labute approximate surface area is 131 Å². The molecule has 2 nitrogen and oxygen atoms in total. The van der Waals surface area contributed by atoms with Crippen LogP contribution in [0.5, 0.6) is 0 Å². The highest BCUT2D eigenvalue weighted by Gasteiger charge is 2.28. The number of rotatable bonds is 1. The molecule has 1 aliphatic rings. The van der Waals surface area contributed by atoms with Gasteiger partial charge in [-0.2, -0.15) is 0 Å². The Morgan fingerprint density at radius 3 is 2.76 bits per heavy atom. The molecule has 0 saturated heterocycles. The highest BCUT2D eigenvalue weighted by molar-refractivity contribution is 7.16. The molecular weight excluding hydrogens is 302 g/mol. The quantitative estimate of drug-likeness (QED) is 0.671. The molecule has 0 radical (unpaired) electrons. The molecule has 0 saturated carbocycles. The summed E-state index contributed by atoms with van der Waals surface area (Å²) in [4.78, 5) is 13.3. The maximum Gasteiger partial charge on any atom is 0.225 e. The van der Waals surface area contributed by atoms with E-state index < -0.39 is 0 Å². The van der Waals surface area contributed by atoms with E-state index in [1.165, 1.54) is 5.56 Å². The average Bonchev–Trinajstić information content (AvgIpc) is 2.93. The second kappa shape index (κ2) is 4.86. The van der Waals surface area contributed by atoms with Crippen molar-refractivity contribution in [3.8, 4) is 0 Å². The number of carbonyl (C=O) groups excluding carboxylic acids is 1. The molecule has 4 heteroatoms. The van der Waals surface area contributed by atoms with Crippen LogP contribution in [-0.2, 0) is 4.79 Å². The van der Waals surface area contributed by atoms with Gasteiger partial charge < -0.3 is 5.32 Å². The van der Waals surface area contributed by atoms with Crippen LogP contribution in [0.15, 0.2) is 48.5 Å². The van der Waals surface area contributed by atoms with Crippen molar-refractivity contribution >= 4 is 45.3 Å². The summed E-state index contributed by atoms with van der Waals surface area (Å²) < 4.78 is 0.762. The minimum absolute atomic E-state index is 0.0633. The average molecular weight is 314 g/mol. The first kappa shape index (κ1) is 12.9. The van der Waals surface area contributed by atoms with E-state index in [9.17, 15) is 4.79 Å². The number of hydrogen-bond donors (Lipinski definition) is 1. The van der Waals surface area contributed by atoms with E-state index in [0.29, 0.717) is 6.42 Å². The summed E-state index contributed by atoms with van der Waals surface area (Å²) in [5.74, 6) is 0.157. The smallest absolute Gasteiger partial charge is 0.225 e. The largest absolute Gasteiger partial charge is 0.325 e. The summed E-state index contributed by atoms with van der Waals surface area (Å²) in [5, 5.41) is 5.28. The van der Waals surface area contributed by atoms with Crippen molar-refractivity contribution in [1.29, 1.82) is 0 Å². The first-order valence-electron chi connectivity index (χ1n) is 6.79. The number of carbonyl (C=O) groups is 1. The number of fused-ring (bicyclic) bond motifs is 3. The second-order valence-corrected chi connectivity index (χ2v) is 6.94. The molecule has 0 aliphatic carbocycles. The van der Waals surface area contributed by atoms with Gasteiger partial charge in [-0.15, -0.1) is 11.3 Å². The summed E-state index contributed by atoms with van der Waals surface area (Å²) in [7, 11) is 0. The summed E-state index contributed by atoms with van der Waals surface area (Å²) in [6.45, 7) is 0. The molecule has 21 heavy (non-hydrogen) atoms. The van der Waals surface area contributed by atoms with Gasteiger partial charge in [-0.3, -0.25) is 4.79 Å². The first-order valence-corrected chi connectivity index (χ1v) is 7.98. The van der Waals surface area contributed by atoms with Gasteiger partial charge >= 0.3 is 0 Å². The molecule has 1 atom stereocenters. The van der Waals surface area contributed by atoms with Crippen molar-refractivity contribution < 1.29 is 4.79 Å². The number of benzene rings is 2. The summed E-state index contributed by atoms with van der Waals surface area (Å²) >= 11 is 7.61. The normalized spacial score (nSPS) is 17.6. The molecule has 4 rings (SSSR count). The Morgan fingerprint density at radius 2 is 1.95 bits per heavy atom. The number of halogens is 1. The Balaban J connectivity index is 1.95. The Kier molecular flexibility index (Phi) is 2.98. The van der Waals surface area contributed by atoms with E-state index in [2.05, 4.69) is 29.6 Å². The lowest BCUT2D eigenvalue weighted by Gasteiger charge is -2.26. The van der Waals surface area contributed by atoms with E-state index in [1.54, 1.807) is 11.3 Å². The minimum Gasteiger partial charge on any atom is -0.325 e. The van der Waals surface area contributed by atoms with Gasteiger partial charge in [0.05, 0.1) is 10.0 Å². The summed E-state index contributed by atoms with van der Waals surface area (Å²) in [5.41, 5.74) is 2.12. The molecule has 0 fully saturated rings. The molecule has 0 bridgehead atoms. The zero-order valence-electron chi connectivity index (χ0n) is 11.1. The van der Waals surface area contributed by atoms with Gasteiger partial charge in [0.25, 0.3) is 0 Å². The van der Waals surface area contributed by atoms with Crippen LogP contribution < -0.4 is 5.32 Å². The number of thiophene rings is 1. The van der Waals surface area contributed by atoms with Crippen molar-refractivity contribution in [2.75, 3.05) is 5.32 Å². The highest BCUT2D eigenvalue weighted by atomic mass is 35.5. The Morgan fingerprint density at radius 1 is 1.10 bits per heavy atom.